The number of aliphatic hydroxyl groups excluding tert-OH is 2. The van der Waals surface area contributed by atoms with Gasteiger partial charge in [-0.15, -0.1) is 0 Å². The van der Waals surface area contributed by atoms with Crippen LogP contribution in [-0.4, -0.2) is 72.6 Å². The smallest absolute Gasteiger partial charge is 0.327 e. The third-order valence-corrected chi connectivity index (χ3v) is 2.28. The summed E-state index contributed by atoms with van der Waals surface area (Å²) in [6, 6.07) is 0. The normalized spacial score (nSPS) is 14.4. The maximum Gasteiger partial charge on any atom is 0.327 e. The summed E-state index contributed by atoms with van der Waals surface area (Å²) in [5, 5.41) is 25.9. The van der Waals surface area contributed by atoms with Gasteiger partial charge in [-0.3, -0.25) is 0 Å². The number of hydrogen-bond acceptors (Lipinski definition) is 6. The van der Waals surface area contributed by atoms with Crippen LogP contribution in [0.1, 0.15) is 27.2 Å². The molecule has 0 aromatic rings. The van der Waals surface area contributed by atoms with Crippen LogP contribution >= 0.6 is 0 Å². The van der Waals surface area contributed by atoms with Crippen LogP contribution in [0.2, 0.25) is 0 Å². The van der Waals surface area contributed by atoms with Gasteiger partial charge in [0.1, 0.15) is 6.10 Å². The second-order valence-electron chi connectivity index (χ2n) is 4.74. The minimum atomic E-state index is -0.981. The number of hydrogen-bond donors (Lipinski definition) is 3. The van der Waals surface area contributed by atoms with Crippen LogP contribution in [0.4, 0.5) is 0 Å². The second kappa shape index (κ2) is 16.4. The zero-order chi connectivity index (χ0) is 17.4. The molecule has 0 saturated carbocycles. The van der Waals surface area contributed by atoms with Gasteiger partial charge in [-0.05, 0) is 20.3 Å². The Balaban J connectivity index is 0. The summed E-state index contributed by atoms with van der Waals surface area (Å²) in [5.41, 5.74) is 0. The number of carboxylic acid groups (broad SMARTS) is 1. The summed E-state index contributed by atoms with van der Waals surface area (Å²) in [4.78, 5) is 9.25. The van der Waals surface area contributed by atoms with E-state index in [0.29, 0.717) is 19.8 Å². The number of aliphatic hydroxyl groups is 2. The van der Waals surface area contributed by atoms with E-state index < -0.39 is 12.1 Å². The van der Waals surface area contributed by atoms with Gasteiger partial charge in [-0.2, -0.15) is 0 Å². The van der Waals surface area contributed by atoms with E-state index in [-0.39, 0.29) is 25.4 Å². The maximum atomic E-state index is 9.52. The quantitative estimate of drug-likeness (QED) is 0.361. The van der Waals surface area contributed by atoms with Crippen LogP contribution in [-0.2, 0) is 19.0 Å². The van der Waals surface area contributed by atoms with Crippen molar-refractivity contribution < 1.29 is 34.3 Å². The summed E-state index contributed by atoms with van der Waals surface area (Å²) in [7, 11) is 0. The van der Waals surface area contributed by atoms with E-state index in [9.17, 15) is 9.90 Å². The van der Waals surface area contributed by atoms with Crippen LogP contribution in [0.3, 0.4) is 0 Å². The van der Waals surface area contributed by atoms with Crippen molar-refractivity contribution >= 4 is 5.97 Å². The molecule has 0 aromatic heterocycles. The average Bonchev–Trinajstić information content (AvgIpc) is 2.51. The zero-order valence-corrected chi connectivity index (χ0v) is 13.7. The molecule has 0 amide bonds. The molecule has 7 heteroatoms. The van der Waals surface area contributed by atoms with E-state index in [1.54, 1.807) is 6.92 Å². The van der Waals surface area contributed by atoms with Gasteiger partial charge in [0, 0.05) is 12.7 Å². The number of rotatable bonds is 12. The van der Waals surface area contributed by atoms with Gasteiger partial charge in [-0.25, -0.2) is 4.79 Å². The Labute approximate surface area is 132 Å². The first-order valence-electron chi connectivity index (χ1n) is 7.32. The van der Waals surface area contributed by atoms with Gasteiger partial charge < -0.3 is 29.5 Å². The Morgan fingerprint density at radius 2 is 1.73 bits per heavy atom. The zero-order valence-electron chi connectivity index (χ0n) is 13.7. The lowest BCUT2D eigenvalue weighted by Gasteiger charge is -2.18. The third kappa shape index (κ3) is 19.0. The summed E-state index contributed by atoms with van der Waals surface area (Å²) in [6.45, 7) is 10.2. The molecule has 132 valence electrons. The standard InChI is InChI=1S/C12H26O5.C3H4O2/c1-4-5-15-8-12(14)9-17-11(3)7-16-10(2)6-13;1-2-3(4)5/h10-14H,4-9H2,1-3H3;2H,1H2,(H,4,5). The van der Waals surface area contributed by atoms with Crippen molar-refractivity contribution in [2.75, 3.05) is 33.0 Å². The molecular formula is C15H30O7. The molecule has 0 fully saturated rings. The van der Waals surface area contributed by atoms with Gasteiger partial charge >= 0.3 is 5.97 Å². The Hall–Kier alpha value is -0.990. The molecule has 0 spiro atoms. The highest BCUT2D eigenvalue weighted by molar-refractivity contribution is 5.78. The topological polar surface area (TPSA) is 105 Å². The van der Waals surface area contributed by atoms with Crippen molar-refractivity contribution in [3.63, 3.8) is 0 Å². The Kier molecular flexibility index (Phi) is 17.3. The third-order valence-electron chi connectivity index (χ3n) is 2.28. The van der Waals surface area contributed by atoms with Gasteiger partial charge in [0.05, 0.1) is 38.6 Å². The molecule has 0 radical (unpaired) electrons. The molecule has 0 aliphatic carbocycles. The summed E-state index contributed by atoms with van der Waals surface area (Å²) in [6.07, 6.45) is 0.889. The molecule has 0 aromatic carbocycles. The van der Waals surface area contributed by atoms with Crippen molar-refractivity contribution in [2.45, 2.75) is 45.5 Å². The SMILES string of the molecule is C=CC(=O)O.CCCOCC(O)COC(C)COC(C)CO. The minimum absolute atomic E-state index is 0.000201. The maximum absolute atomic E-state index is 9.52. The lowest BCUT2D eigenvalue weighted by Crippen LogP contribution is -2.28. The first-order valence-corrected chi connectivity index (χ1v) is 7.32. The highest BCUT2D eigenvalue weighted by Crippen LogP contribution is 1.98. The van der Waals surface area contributed by atoms with Crippen LogP contribution in [0, 0.1) is 0 Å². The van der Waals surface area contributed by atoms with Gasteiger partial charge in [0.25, 0.3) is 0 Å². The largest absolute Gasteiger partial charge is 0.478 e. The van der Waals surface area contributed by atoms with Gasteiger partial charge in [0.2, 0.25) is 0 Å². The molecule has 0 rings (SSSR count). The van der Waals surface area contributed by atoms with Crippen molar-refractivity contribution in [3.8, 4) is 0 Å². The van der Waals surface area contributed by atoms with Crippen LogP contribution in [0.25, 0.3) is 0 Å². The Morgan fingerprint density at radius 3 is 2.18 bits per heavy atom. The molecule has 7 nitrogen and oxygen atoms in total. The Bertz CT molecular complexity index is 271. The molecule has 0 aliphatic rings. The van der Waals surface area contributed by atoms with Crippen molar-refractivity contribution in [2.24, 2.45) is 0 Å². The molecule has 3 unspecified atom stereocenters. The molecule has 0 saturated heterocycles. The molecule has 0 aliphatic heterocycles. The number of aliphatic carboxylic acids is 1. The molecule has 22 heavy (non-hydrogen) atoms. The highest BCUT2D eigenvalue weighted by Gasteiger charge is 2.10. The van der Waals surface area contributed by atoms with E-state index in [0.717, 1.165) is 12.5 Å². The van der Waals surface area contributed by atoms with E-state index in [4.69, 9.17) is 24.4 Å². The minimum Gasteiger partial charge on any atom is -0.478 e. The van der Waals surface area contributed by atoms with Crippen LogP contribution in [0.5, 0.6) is 0 Å². The average molecular weight is 322 g/mol. The van der Waals surface area contributed by atoms with Crippen molar-refractivity contribution in [3.05, 3.63) is 12.7 Å². The van der Waals surface area contributed by atoms with E-state index in [1.807, 2.05) is 13.8 Å². The summed E-state index contributed by atoms with van der Waals surface area (Å²) in [5.74, 6) is -0.981. The van der Waals surface area contributed by atoms with Crippen molar-refractivity contribution in [1.29, 1.82) is 0 Å². The molecule has 0 heterocycles. The predicted octanol–water partition coefficient (Wildman–Crippen LogP) is 0.833. The highest BCUT2D eigenvalue weighted by atomic mass is 16.5. The fraction of sp³-hybridized carbons (Fsp3) is 0.800. The van der Waals surface area contributed by atoms with Crippen LogP contribution < -0.4 is 0 Å². The number of carboxylic acids is 1. The van der Waals surface area contributed by atoms with E-state index in [1.165, 1.54) is 0 Å². The molecule has 3 atom stereocenters. The predicted molar refractivity (Wildman–Crippen MR) is 82.9 cm³/mol. The monoisotopic (exact) mass is 322 g/mol. The van der Waals surface area contributed by atoms with Crippen LogP contribution in [0.15, 0.2) is 12.7 Å². The summed E-state index contributed by atoms with van der Waals surface area (Å²) >= 11 is 0. The molecule has 3 N–H and O–H groups in total. The first kappa shape index (κ1) is 23.3. The fourth-order valence-corrected chi connectivity index (χ4v) is 1.09. The van der Waals surface area contributed by atoms with Gasteiger partial charge in [0.15, 0.2) is 0 Å². The Morgan fingerprint density at radius 1 is 1.18 bits per heavy atom. The molecular weight excluding hydrogens is 292 g/mol. The second-order valence-corrected chi connectivity index (χ2v) is 4.74. The van der Waals surface area contributed by atoms with E-state index >= 15 is 0 Å². The fourth-order valence-electron chi connectivity index (χ4n) is 1.09. The lowest BCUT2D eigenvalue weighted by molar-refractivity contribution is -0.131. The van der Waals surface area contributed by atoms with Crippen molar-refractivity contribution in [1.82, 2.24) is 0 Å². The first-order chi connectivity index (χ1) is 10.4. The lowest BCUT2D eigenvalue weighted by atomic mass is 10.3. The number of ether oxygens (including phenoxy) is 3. The molecule has 0 bridgehead atoms. The summed E-state index contributed by atoms with van der Waals surface area (Å²) < 4.78 is 15.9. The van der Waals surface area contributed by atoms with E-state index in [2.05, 4.69) is 6.58 Å². The number of carbonyl (C=O) groups is 1. The van der Waals surface area contributed by atoms with Gasteiger partial charge in [-0.1, -0.05) is 13.5 Å².